The number of carbonyl (C=O) groups excluding carboxylic acids is 1. The number of aromatic nitrogens is 3. The smallest absolute Gasteiger partial charge is 0.196 e. The first-order chi connectivity index (χ1) is 14.8. The molecule has 0 aliphatic carbocycles. The minimum atomic E-state index is -0.521. The Kier molecular flexibility index (Phi) is 7.18. The molecule has 160 valence electrons. The van der Waals surface area contributed by atoms with Crippen LogP contribution in [-0.4, -0.2) is 58.0 Å². The van der Waals surface area contributed by atoms with E-state index >= 15 is 0 Å². The molecule has 3 rings (SSSR count). The number of halogens is 2. The molecular formula is C23H23ClFN5O. The molecule has 0 saturated carbocycles. The molecule has 0 bridgehead atoms. The zero-order chi connectivity index (χ0) is 22.5. The molecule has 3 aromatic rings. The van der Waals surface area contributed by atoms with E-state index in [0.717, 1.165) is 0 Å². The van der Waals surface area contributed by atoms with Crippen molar-refractivity contribution < 1.29 is 9.18 Å². The third-order valence-corrected chi connectivity index (χ3v) is 4.92. The van der Waals surface area contributed by atoms with Gasteiger partial charge in [-0.05, 0) is 51.5 Å². The molecule has 1 heterocycles. The molecule has 0 saturated heterocycles. The lowest BCUT2D eigenvalue weighted by Gasteiger charge is -2.19. The van der Waals surface area contributed by atoms with E-state index in [1.807, 2.05) is 30.9 Å². The summed E-state index contributed by atoms with van der Waals surface area (Å²) in [5.41, 5.74) is 0.954. The van der Waals surface area contributed by atoms with Crippen molar-refractivity contribution in [1.82, 2.24) is 24.6 Å². The van der Waals surface area contributed by atoms with Gasteiger partial charge in [-0.3, -0.25) is 14.3 Å². The maximum absolute atomic E-state index is 14.2. The molecule has 0 spiro atoms. The van der Waals surface area contributed by atoms with Crippen LogP contribution in [0.2, 0.25) is 5.02 Å². The normalized spacial score (nSPS) is 11.2. The van der Waals surface area contributed by atoms with Crippen molar-refractivity contribution in [2.24, 2.45) is 0 Å². The van der Waals surface area contributed by atoms with Crippen molar-refractivity contribution in [1.29, 1.82) is 0 Å². The van der Waals surface area contributed by atoms with Crippen LogP contribution in [0, 0.1) is 18.2 Å². The molecule has 0 atom stereocenters. The fourth-order valence-corrected chi connectivity index (χ4v) is 3.47. The third kappa shape index (κ3) is 5.17. The van der Waals surface area contributed by atoms with Gasteiger partial charge in [-0.2, -0.15) is 0 Å². The standard InChI is InChI=1S/C23H23ClFN5O/c1-5-12-29(4)15-22-27-26-21(14-28(2)3)30(22)20-11-10-16(25)13-18(20)23(31)17-8-6-7-9-19(17)24/h1,6-11,13H,12,14-15H2,2-4H3. The number of hydrogen-bond acceptors (Lipinski definition) is 5. The van der Waals surface area contributed by atoms with Crippen LogP contribution in [0.3, 0.4) is 0 Å². The number of ketones is 1. The number of hydrogen-bond donors (Lipinski definition) is 0. The van der Waals surface area contributed by atoms with Gasteiger partial charge in [-0.15, -0.1) is 16.6 Å². The summed E-state index contributed by atoms with van der Waals surface area (Å²) in [6, 6.07) is 10.8. The predicted octanol–water partition coefficient (Wildman–Crippen LogP) is 3.42. The van der Waals surface area contributed by atoms with Crippen LogP contribution >= 0.6 is 11.6 Å². The van der Waals surface area contributed by atoms with E-state index < -0.39 is 5.82 Å². The van der Waals surface area contributed by atoms with E-state index in [9.17, 15) is 9.18 Å². The molecular weight excluding hydrogens is 417 g/mol. The van der Waals surface area contributed by atoms with Gasteiger partial charge in [-0.1, -0.05) is 29.7 Å². The minimum Gasteiger partial charge on any atom is -0.302 e. The van der Waals surface area contributed by atoms with Crippen LogP contribution in [0.4, 0.5) is 4.39 Å². The van der Waals surface area contributed by atoms with Crippen LogP contribution < -0.4 is 0 Å². The first kappa shape index (κ1) is 22.6. The Morgan fingerprint density at radius 2 is 1.77 bits per heavy atom. The van der Waals surface area contributed by atoms with Crippen molar-refractivity contribution in [3.05, 3.63) is 76.1 Å². The highest BCUT2D eigenvalue weighted by molar-refractivity contribution is 6.35. The third-order valence-electron chi connectivity index (χ3n) is 4.59. The van der Waals surface area contributed by atoms with Gasteiger partial charge in [0.15, 0.2) is 17.4 Å². The van der Waals surface area contributed by atoms with Crippen LogP contribution in [-0.2, 0) is 13.1 Å². The van der Waals surface area contributed by atoms with E-state index in [1.165, 1.54) is 12.1 Å². The summed E-state index contributed by atoms with van der Waals surface area (Å²) in [4.78, 5) is 17.2. The van der Waals surface area contributed by atoms with Gasteiger partial charge in [0.05, 0.1) is 30.3 Å². The summed E-state index contributed by atoms with van der Waals surface area (Å²) in [7, 11) is 5.68. The molecule has 0 N–H and O–H groups in total. The molecule has 0 radical (unpaired) electrons. The van der Waals surface area contributed by atoms with E-state index in [0.29, 0.717) is 47.6 Å². The largest absolute Gasteiger partial charge is 0.302 e. The van der Waals surface area contributed by atoms with Gasteiger partial charge in [0.25, 0.3) is 0 Å². The monoisotopic (exact) mass is 439 g/mol. The number of nitrogens with zero attached hydrogens (tertiary/aromatic N) is 5. The van der Waals surface area contributed by atoms with Crippen LogP contribution in [0.1, 0.15) is 27.6 Å². The maximum Gasteiger partial charge on any atom is 0.196 e. The molecule has 0 fully saturated rings. The molecule has 0 amide bonds. The van der Waals surface area contributed by atoms with E-state index in [-0.39, 0.29) is 11.3 Å². The minimum absolute atomic E-state index is 0.175. The van der Waals surface area contributed by atoms with Crippen molar-refractivity contribution >= 4 is 17.4 Å². The molecule has 2 aromatic carbocycles. The van der Waals surface area contributed by atoms with E-state index in [2.05, 4.69) is 16.1 Å². The summed E-state index contributed by atoms with van der Waals surface area (Å²) >= 11 is 6.24. The Labute approximate surface area is 186 Å². The average Bonchev–Trinajstić information content (AvgIpc) is 3.09. The van der Waals surface area contributed by atoms with Crippen molar-refractivity contribution in [2.75, 3.05) is 27.7 Å². The topological polar surface area (TPSA) is 54.3 Å². The first-order valence-electron chi connectivity index (χ1n) is 9.61. The second-order valence-electron chi connectivity index (χ2n) is 7.45. The molecule has 6 nitrogen and oxygen atoms in total. The van der Waals surface area contributed by atoms with Gasteiger partial charge in [0.1, 0.15) is 5.82 Å². The SMILES string of the molecule is C#CCN(C)Cc1nnc(CN(C)C)n1-c1ccc(F)cc1C(=O)c1ccccc1Cl. The number of terminal acetylenes is 1. The van der Waals surface area contributed by atoms with Gasteiger partial charge >= 0.3 is 0 Å². The fraction of sp³-hybridized carbons (Fsp3) is 0.261. The average molecular weight is 440 g/mol. The Morgan fingerprint density at radius 1 is 1.10 bits per heavy atom. The first-order valence-corrected chi connectivity index (χ1v) is 9.98. The highest BCUT2D eigenvalue weighted by atomic mass is 35.5. The molecule has 8 heteroatoms. The quantitative estimate of drug-likeness (QED) is 0.397. The fourth-order valence-electron chi connectivity index (χ4n) is 3.25. The predicted molar refractivity (Wildman–Crippen MR) is 119 cm³/mol. The Balaban J connectivity index is 2.18. The van der Waals surface area contributed by atoms with Crippen LogP contribution in [0.15, 0.2) is 42.5 Å². The van der Waals surface area contributed by atoms with Gasteiger partial charge < -0.3 is 4.90 Å². The molecule has 0 unspecified atom stereocenters. The number of rotatable bonds is 8. The van der Waals surface area contributed by atoms with Gasteiger partial charge in [-0.25, -0.2) is 4.39 Å². The molecule has 0 aliphatic rings. The van der Waals surface area contributed by atoms with E-state index in [1.54, 1.807) is 34.9 Å². The summed E-state index contributed by atoms with van der Waals surface area (Å²) in [6.45, 7) is 1.30. The van der Waals surface area contributed by atoms with Crippen molar-refractivity contribution in [3.63, 3.8) is 0 Å². The van der Waals surface area contributed by atoms with Gasteiger partial charge in [0.2, 0.25) is 0 Å². The lowest BCUT2D eigenvalue weighted by Crippen LogP contribution is -2.22. The lowest BCUT2D eigenvalue weighted by molar-refractivity contribution is 0.103. The van der Waals surface area contributed by atoms with E-state index in [4.69, 9.17) is 18.0 Å². The molecule has 0 aliphatic heterocycles. The summed E-state index contributed by atoms with van der Waals surface area (Å²) in [5, 5.41) is 8.95. The zero-order valence-corrected chi connectivity index (χ0v) is 18.4. The van der Waals surface area contributed by atoms with Crippen LogP contribution in [0.25, 0.3) is 5.69 Å². The Hall–Kier alpha value is -3.05. The van der Waals surface area contributed by atoms with Crippen LogP contribution in [0.5, 0.6) is 0 Å². The Bertz CT molecular complexity index is 1140. The zero-order valence-electron chi connectivity index (χ0n) is 17.6. The maximum atomic E-state index is 14.2. The molecule has 1 aromatic heterocycles. The number of carbonyl (C=O) groups is 1. The second-order valence-corrected chi connectivity index (χ2v) is 7.86. The summed E-state index contributed by atoms with van der Waals surface area (Å²) < 4.78 is 16.0. The highest BCUT2D eigenvalue weighted by Gasteiger charge is 2.23. The summed E-state index contributed by atoms with van der Waals surface area (Å²) in [5.74, 6) is 2.90. The lowest BCUT2D eigenvalue weighted by atomic mass is 10.0. The van der Waals surface area contributed by atoms with Crippen molar-refractivity contribution in [2.45, 2.75) is 13.1 Å². The second kappa shape index (κ2) is 9.84. The summed E-state index contributed by atoms with van der Waals surface area (Å²) in [6.07, 6.45) is 5.42. The van der Waals surface area contributed by atoms with Gasteiger partial charge in [0, 0.05) is 11.1 Å². The van der Waals surface area contributed by atoms with Crippen molar-refractivity contribution in [3.8, 4) is 18.0 Å². The Morgan fingerprint density at radius 3 is 2.42 bits per heavy atom. The highest BCUT2D eigenvalue weighted by Crippen LogP contribution is 2.26. The molecule has 31 heavy (non-hydrogen) atoms. The number of benzene rings is 2.